The molecule has 0 aliphatic heterocycles. The fraction of sp³-hybridized carbons (Fsp3) is 0.0909. The molecule has 1 amide bonds. The van der Waals surface area contributed by atoms with Crippen molar-refractivity contribution in [2.24, 2.45) is 0 Å². The quantitative estimate of drug-likeness (QED) is 0.850. The smallest absolute Gasteiger partial charge is 0.271 e. The topological polar surface area (TPSA) is 79.8 Å². The molecular weight excluding hydrogens is 289 g/mol. The lowest BCUT2D eigenvalue weighted by atomic mass is 10.2. The summed E-state index contributed by atoms with van der Waals surface area (Å²) in [7, 11) is 1.52. The molecule has 0 aromatic carbocycles. The van der Waals surface area contributed by atoms with Gasteiger partial charge in [0.15, 0.2) is 11.5 Å². The number of carbonyl (C=O) groups is 1. The molecule has 6 nitrogen and oxygen atoms in total. The molecule has 0 saturated carbocycles. The van der Waals surface area contributed by atoms with Gasteiger partial charge in [-0.25, -0.2) is 9.97 Å². The number of nitrogens with one attached hydrogen (secondary N) is 2. The highest BCUT2D eigenvalue weighted by Gasteiger charge is 2.13. The molecule has 98 valence electrons. The lowest BCUT2D eigenvalue weighted by Crippen LogP contribution is -2.20. The SMILES string of the molecule is CNC(=O)c1ncccc1Nc1nc(Cl)ncc1Cl. The van der Waals surface area contributed by atoms with Crippen LogP contribution in [0.3, 0.4) is 0 Å². The van der Waals surface area contributed by atoms with Crippen LogP contribution in [0.15, 0.2) is 24.5 Å². The fourth-order valence-corrected chi connectivity index (χ4v) is 1.64. The molecule has 8 heteroatoms. The molecule has 2 aromatic rings. The van der Waals surface area contributed by atoms with E-state index in [9.17, 15) is 4.79 Å². The first-order valence-electron chi connectivity index (χ1n) is 5.24. The van der Waals surface area contributed by atoms with Gasteiger partial charge in [-0.15, -0.1) is 0 Å². The van der Waals surface area contributed by atoms with E-state index < -0.39 is 0 Å². The van der Waals surface area contributed by atoms with Crippen LogP contribution in [0.25, 0.3) is 0 Å². The van der Waals surface area contributed by atoms with E-state index in [0.717, 1.165) is 0 Å². The minimum Gasteiger partial charge on any atom is -0.354 e. The highest BCUT2D eigenvalue weighted by Crippen LogP contribution is 2.24. The number of hydrogen-bond donors (Lipinski definition) is 2. The van der Waals surface area contributed by atoms with Crippen molar-refractivity contribution in [2.75, 3.05) is 12.4 Å². The maximum Gasteiger partial charge on any atom is 0.271 e. The molecule has 0 aliphatic carbocycles. The molecule has 2 rings (SSSR count). The normalized spacial score (nSPS) is 10.1. The Morgan fingerprint density at radius 2 is 2.11 bits per heavy atom. The highest BCUT2D eigenvalue weighted by atomic mass is 35.5. The zero-order valence-electron chi connectivity index (χ0n) is 9.82. The monoisotopic (exact) mass is 297 g/mol. The third-order valence-corrected chi connectivity index (χ3v) is 2.68. The number of anilines is 2. The van der Waals surface area contributed by atoms with Crippen LogP contribution < -0.4 is 10.6 Å². The Morgan fingerprint density at radius 3 is 2.84 bits per heavy atom. The third kappa shape index (κ3) is 3.10. The first-order valence-corrected chi connectivity index (χ1v) is 5.99. The molecule has 0 radical (unpaired) electrons. The Morgan fingerprint density at radius 1 is 1.32 bits per heavy atom. The van der Waals surface area contributed by atoms with Gasteiger partial charge in [0.1, 0.15) is 5.02 Å². The van der Waals surface area contributed by atoms with Crippen molar-refractivity contribution in [3.63, 3.8) is 0 Å². The molecule has 0 spiro atoms. The first kappa shape index (κ1) is 13.5. The molecule has 0 aliphatic rings. The molecule has 0 fully saturated rings. The van der Waals surface area contributed by atoms with Gasteiger partial charge < -0.3 is 10.6 Å². The average molecular weight is 298 g/mol. The van der Waals surface area contributed by atoms with Crippen molar-refractivity contribution in [3.05, 3.63) is 40.5 Å². The lowest BCUT2D eigenvalue weighted by Gasteiger charge is -2.10. The number of carbonyl (C=O) groups excluding carboxylic acids is 1. The summed E-state index contributed by atoms with van der Waals surface area (Å²) in [5.41, 5.74) is 0.703. The van der Waals surface area contributed by atoms with E-state index in [1.54, 1.807) is 12.1 Å². The molecule has 2 aromatic heterocycles. The second-order valence-electron chi connectivity index (χ2n) is 3.44. The Kier molecular flexibility index (Phi) is 4.13. The zero-order chi connectivity index (χ0) is 13.8. The van der Waals surface area contributed by atoms with Crippen LogP contribution in [0.2, 0.25) is 10.3 Å². The Bertz CT molecular complexity index is 620. The predicted molar refractivity (Wildman–Crippen MR) is 73.0 cm³/mol. The summed E-state index contributed by atoms with van der Waals surface area (Å²) in [6.07, 6.45) is 2.89. The maximum absolute atomic E-state index is 11.7. The zero-order valence-corrected chi connectivity index (χ0v) is 11.3. The Balaban J connectivity index is 2.38. The molecule has 0 bridgehead atoms. The van der Waals surface area contributed by atoms with Crippen LogP contribution in [0.1, 0.15) is 10.5 Å². The summed E-state index contributed by atoms with van der Waals surface area (Å²) < 4.78 is 0. The van der Waals surface area contributed by atoms with Crippen LogP contribution in [0.5, 0.6) is 0 Å². The molecule has 2 N–H and O–H groups in total. The van der Waals surface area contributed by atoms with Gasteiger partial charge in [-0.05, 0) is 23.7 Å². The van der Waals surface area contributed by atoms with Gasteiger partial charge in [-0.1, -0.05) is 11.6 Å². The summed E-state index contributed by atoms with van der Waals surface area (Å²) in [6.45, 7) is 0. The summed E-state index contributed by atoms with van der Waals surface area (Å²) in [6, 6.07) is 3.37. The summed E-state index contributed by atoms with van der Waals surface area (Å²) in [4.78, 5) is 23.4. The van der Waals surface area contributed by atoms with Gasteiger partial charge in [-0.2, -0.15) is 4.98 Å². The van der Waals surface area contributed by atoms with Gasteiger partial charge in [0.25, 0.3) is 5.91 Å². The van der Waals surface area contributed by atoms with E-state index in [4.69, 9.17) is 23.2 Å². The van der Waals surface area contributed by atoms with E-state index >= 15 is 0 Å². The third-order valence-electron chi connectivity index (χ3n) is 2.22. The lowest BCUT2D eigenvalue weighted by molar-refractivity contribution is 0.0959. The number of halogens is 2. The van der Waals surface area contributed by atoms with Gasteiger partial charge in [-0.3, -0.25) is 4.79 Å². The van der Waals surface area contributed by atoms with Crippen LogP contribution in [0, 0.1) is 0 Å². The minimum absolute atomic E-state index is 0.0530. The minimum atomic E-state index is -0.320. The van der Waals surface area contributed by atoms with E-state index in [1.807, 2.05) is 0 Å². The van der Waals surface area contributed by atoms with Crippen LogP contribution >= 0.6 is 23.2 Å². The molecule has 0 atom stereocenters. The molecule has 0 saturated heterocycles. The van der Waals surface area contributed by atoms with Gasteiger partial charge in [0.05, 0.1) is 11.9 Å². The van der Waals surface area contributed by atoms with Crippen molar-refractivity contribution < 1.29 is 4.79 Å². The number of hydrogen-bond acceptors (Lipinski definition) is 5. The number of amides is 1. The van der Waals surface area contributed by atoms with Crippen LogP contribution in [-0.2, 0) is 0 Å². The largest absolute Gasteiger partial charge is 0.354 e. The number of rotatable bonds is 3. The van der Waals surface area contributed by atoms with E-state index in [-0.39, 0.29) is 21.9 Å². The Hall–Kier alpha value is -1.92. The highest BCUT2D eigenvalue weighted by molar-refractivity contribution is 6.33. The van der Waals surface area contributed by atoms with Gasteiger partial charge in [0.2, 0.25) is 5.28 Å². The van der Waals surface area contributed by atoms with Gasteiger partial charge >= 0.3 is 0 Å². The van der Waals surface area contributed by atoms with Crippen molar-refractivity contribution in [1.29, 1.82) is 0 Å². The predicted octanol–water partition coefficient (Wildman–Crippen LogP) is 2.28. The van der Waals surface area contributed by atoms with Crippen molar-refractivity contribution in [2.45, 2.75) is 0 Å². The van der Waals surface area contributed by atoms with Crippen LogP contribution in [-0.4, -0.2) is 27.9 Å². The maximum atomic E-state index is 11.7. The standard InChI is InChI=1S/C11H9Cl2N5O/c1-14-10(19)8-7(3-2-4-15-8)17-9-6(12)5-16-11(13)18-9/h2-5H,1H3,(H,14,19)(H,16,17,18). The number of nitrogens with zero attached hydrogens (tertiary/aromatic N) is 3. The fourth-order valence-electron chi connectivity index (χ4n) is 1.37. The van der Waals surface area contributed by atoms with Gasteiger partial charge in [0, 0.05) is 13.2 Å². The van der Waals surface area contributed by atoms with E-state index in [0.29, 0.717) is 11.5 Å². The van der Waals surface area contributed by atoms with Crippen molar-refractivity contribution in [1.82, 2.24) is 20.3 Å². The molecule has 2 heterocycles. The summed E-state index contributed by atoms with van der Waals surface area (Å²) in [5.74, 6) is -0.0146. The summed E-state index contributed by atoms with van der Waals surface area (Å²) in [5, 5.41) is 5.75. The molecule has 0 unspecified atom stereocenters. The number of aromatic nitrogens is 3. The second-order valence-corrected chi connectivity index (χ2v) is 4.18. The molecular formula is C11H9Cl2N5O. The second kappa shape index (κ2) is 5.81. The number of pyridine rings is 1. The average Bonchev–Trinajstić information content (AvgIpc) is 2.42. The summed E-state index contributed by atoms with van der Waals surface area (Å²) >= 11 is 11.6. The molecule has 19 heavy (non-hydrogen) atoms. The Labute approximate surface area is 119 Å². The van der Waals surface area contributed by atoms with E-state index in [2.05, 4.69) is 25.6 Å². The van der Waals surface area contributed by atoms with Crippen molar-refractivity contribution >= 4 is 40.6 Å². The van der Waals surface area contributed by atoms with E-state index in [1.165, 1.54) is 19.4 Å². The first-order chi connectivity index (χ1) is 9.11. The van der Waals surface area contributed by atoms with Crippen LogP contribution in [0.4, 0.5) is 11.5 Å². The van der Waals surface area contributed by atoms with Crippen molar-refractivity contribution in [3.8, 4) is 0 Å².